The summed E-state index contributed by atoms with van der Waals surface area (Å²) >= 11 is 6.30. The van der Waals surface area contributed by atoms with E-state index in [1.165, 1.54) is 6.08 Å². The first-order valence-electron chi connectivity index (χ1n) is 9.90. The summed E-state index contributed by atoms with van der Waals surface area (Å²) in [5.41, 5.74) is 0.718. The summed E-state index contributed by atoms with van der Waals surface area (Å²) in [6.45, 7) is 6.95. The lowest BCUT2D eigenvalue weighted by Crippen LogP contribution is -2.39. The van der Waals surface area contributed by atoms with Crippen LogP contribution in [0, 0.1) is 0 Å². The zero-order valence-corrected chi connectivity index (χ0v) is 18.8. The average Bonchev–Trinajstić information content (AvgIpc) is 2.71. The Morgan fingerprint density at radius 1 is 1.20 bits per heavy atom. The number of rotatable bonds is 7. The highest BCUT2D eigenvalue weighted by Gasteiger charge is 2.23. The molecule has 0 saturated heterocycles. The van der Waals surface area contributed by atoms with Gasteiger partial charge in [-0.3, -0.25) is 4.79 Å². The zero-order chi connectivity index (χ0) is 21.7. The Balaban J connectivity index is 1.68. The van der Waals surface area contributed by atoms with Crippen molar-refractivity contribution in [3.63, 3.8) is 0 Å². The number of amides is 1. The van der Waals surface area contributed by atoms with E-state index in [1.54, 1.807) is 19.5 Å². The molecule has 0 spiro atoms. The first kappa shape index (κ1) is 22.3. The minimum absolute atomic E-state index is 0.132. The number of halogens is 1. The average molecular weight is 448 g/mol. The van der Waals surface area contributed by atoms with Gasteiger partial charge in [0.05, 0.1) is 11.9 Å². The van der Waals surface area contributed by atoms with Crippen LogP contribution in [0.25, 0.3) is 0 Å². The van der Waals surface area contributed by atoms with Crippen LogP contribution in [0.1, 0.15) is 25.7 Å². The number of nitrogens with zero attached hydrogens (tertiary/aromatic N) is 2. The highest BCUT2D eigenvalue weighted by atomic mass is 35.5. The van der Waals surface area contributed by atoms with Crippen molar-refractivity contribution in [3.05, 3.63) is 48.1 Å². The fourth-order valence-electron chi connectivity index (χ4n) is 3.53. The number of hydrogen-bond acceptors (Lipinski definition) is 6. The molecule has 30 heavy (non-hydrogen) atoms. The van der Waals surface area contributed by atoms with Crippen molar-refractivity contribution in [1.82, 2.24) is 15.3 Å². The molecule has 1 aromatic heterocycles. The largest absolute Gasteiger partial charge is 0.351 e. The molecule has 0 atom stereocenters. The standard InChI is InChI=1S/C21H27ClN5O2P/c1-4-19(28)24-14-9-11-15(12-10-14)25-21-23-13-16(22)20(27-21)26-17-7-5-6-8-18(17)30(2,3)29/h4-8,13-15H,1,9-12H2,2-3H3,(H,24,28)(H2,23,25,26,27). The molecule has 0 aliphatic heterocycles. The maximum absolute atomic E-state index is 12.6. The lowest BCUT2D eigenvalue weighted by Gasteiger charge is -2.29. The Hall–Kier alpha value is -2.37. The van der Waals surface area contributed by atoms with Gasteiger partial charge < -0.3 is 20.5 Å². The van der Waals surface area contributed by atoms with Gasteiger partial charge in [0.25, 0.3) is 0 Å². The second-order valence-corrected chi connectivity index (χ2v) is 11.4. The van der Waals surface area contributed by atoms with Crippen LogP contribution < -0.4 is 21.3 Å². The highest BCUT2D eigenvalue weighted by Crippen LogP contribution is 2.38. The van der Waals surface area contributed by atoms with E-state index in [0.717, 1.165) is 36.7 Å². The van der Waals surface area contributed by atoms with Crippen LogP contribution in [-0.4, -0.2) is 41.3 Å². The Morgan fingerprint density at radius 3 is 2.53 bits per heavy atom. The van der Waals surface area contributed by atoms with E-state index in [0.29, 0.717) is 16.8 Å². The van der Waals surface area contributed by atoms with Crippen LogP contribution in [0.15, 0.2) is 43.1 Å². The first-order chi connectivity index (χ1) is 14.3. The SMILES string of the molecule is C=CC(=O)NC1CCC(Nc2ncc(Cl)c(Nc3ccccc3P(C)(C)=O)n2)CC1. The van der Waals surface area contributed by atoms with Gasteiger partial charge in [-0.2, -0.15) is 4.98 Å². The number of carbonyl (C=O) groups is 1. The van der Waals surface area contributed by atoms with Gasteiger partial charge in [-0.15, -0.1) is 0 Å². The Labute approximate surface area is 182 Å². The molecule has 3 N–H and O–H groups in total. The molecule has 1 aromatic carbocycles. The molecule has 0 unspecified atom stereocenters. The summed E-state index contributed by atoms with van der Waals surface area (Å²) in [5.74, 6) is 0.809. The van der Waals surface area contributed by atoms with Crippen LogP contribution >= 0.6 is 18.7 Å². The molecule has 9 heteroatoms. The lowest BCUT2D eigenvalue weighted by atomic mass is 9.91. The number of hydrogen-bond donors (Lipinski definition) is 3. The molecule has 0 radical (unpaired) electrons. The van der Waals surface area contributed by atoms with E-state index in [-0.39, 0.29) is 18.0 Å². The monoisotopic (exact) mass is 447 g/mol. The van der Waals surface area contributed by atoms with E-state index in [1.807, 2.05) is 24.3 Å². The van der Waals surface area contributed by atoms with Crippen molar-refractivity contribution in [2.75, 3.05) is 24.0 Å². The summed E-state index contributed by atoms with van der Waals surface area (Å²) in [5, 5.41) is 10.6. The van der Waals surface area contributed by atoms with Gasteiger partial charge in [0, 0.05) is 17.4 Å². The fraction of sp³-hybridized carbons (Fsp3) is 0.381. The quantitative estimate of drug-likeness (QED) is 0.436. The Morgan fingerprint density at radius 2 is 1.87 bits per heavy atom. The Kier molecular flexibility index (Phi) is 7.16. The van der Waals surface area contributed by atoms with Crippen molar-refractivity contribution in [1.29, 1.82) is 0 Å². The molecule has 1 fully saturated rings. The van der Waals surface area contributed by atoms with Crippen LogP contribution in [0.5, 0.6) is 0 Å². The number of benzene rings is 1. The summed E-state index contributed by atoms with van der Waals surface area (Å²) in [6, 6.07) is 7.84. The molecule has 3 rings (SSSR count). The number of nitrogens with one attached hydrogen (secondary N) is 3. The third-order valence-electron chi connectivity index (χ3n) is 5.07. The normalized spacial score (nSPS) is 19.0. The number of aromatic nitrogens is 2. The molecular weight excluding hydrogens is 421 g/mol. The molecule has 1 heterocycles. The van der Waals surface area contributed by atoms with Crippen molar-refractivity contribution in [2.24, 2.45) is 0 Å². The van der Waals surface area contributed by atoms with Crippen LogP contribution in [0.4, 0.5) is 17.5 Å². The molecule has 7 nitrogen and oxygen atoms in total. The van der Waals surface area contributed by atoms with Gasteiger partial charge >= 0.3 is 0 Å². The minimum atomic E-state index is -2.47. The van der Waals surface area contributed by atoms with Crippen LogP contribution in [-0.2, 0) is 9.36 Å². The van der Waals surface area contributed by atoms with Crippen molar-refractivity contribution < 1.29 is 9.36 Å². The third-order valence-corrected chi connectivity index (χ3v) is 6.90. The predicted molar refractivity (Wildman–Crippen MR) is 124 cm³/mol. The van der Waals surface area contributed by atoms with Crippen LogP contribution in [0.2, 0.25) is 5.02 Å². The maximum atomic E-state index is 12.6. The van der Waals surface area contributed by atoms with E-state index < -0.39 is 7.14 Å². The van der Waals surface area contributed by atoms with Gasteiger partial charge in [-0.1, -0.05) is 30.3 Å². The van der Waals surface area contributed by atoms with Gasteiger partial charge in [-0.25, -0.2) is 4.98 Å². The number of anilines is 3. The van der Waals surface area contributed by atoms with Gasteiger partial charge in [0.1, 0.15) is 12.2 Å². The highest BCUT2D eigenvalue weighted by molar-refractivity contribution is 7.70. The summed E-state index contributed by atoms with van der Waals surface area (Å²) in [4.78, 5) is 20.3. The molecule has 1 aliphatic carbocycles. The molecular formula is C21H27ClN5O2P. The van der Waals surface area contributed by atoms with E-state index >= 15 is 0 Å². The fourth-order valence-corrected chi connectivity index (χ4v) is 4.82. The molecule has 0 bridgehead atoms. The van der Waals surface area contributed by atoms with Crippen molar-refractivity contribution >= 4 is 47.4 Å². The van der Waals surface area contributed by atoms with Crippen molar-refractivity contribution in [2.45, 2.75) is 37.8 Å². The summed E-state index contributed by atoms with van der Waals surface area (Å²) < 4.78 is 12.6. The molecule has 2 aromatic rings. The summed E-state index contributed by atoms with van der Waals surface area (Å²) in [7, 11) is -2.47. The lowest BCUT2D eigenvalue weighted by molar-refractivity contribution is -0.117. The minimum Gasteiger partial charge on any atom is -0.351 e. The molecule has 1 aliphatic rings. The maximum Gasteiger partial charge on any atom is 0.243 e. The van der Waals surface area contributed by atoms with E-state index in [9.17, 15) is 9.36 Å². The molecule has 1 amide bonds. The zero-order valence-electron chi connectivity index (χ0n) is 17.2. The number of para-hydroxylation sites is 1. The second kappa shape index (κ2) is 9.63. The van der Waals surface area contributed by atoms with Gasteiger partial charge in [-0.05, 0) is 57.2 Å². The third kappa shape index (κ3) is 5.83. The first-order valence-corrected chi connectivity index (χ1v) is 12.9. The second-order valence-electron chi connectivity index (χ2n) is 7.79. The smallest absolute Gasteiger partial charge is 0.243 e. The Bertz CT molecular complexity index is 970. The van der Waals surface area contributed by atoms with E-state index in [2.05, 4.69) is 32.5 Å². The predicted octanol–water partition coefficient (Wildman–Crippen LogP) is 4.15. The number of carbonyl (C=O) groups excluding carboxylic acids is 1. The van der Waals surface area contributed by atoms with Crippen LogP contribution in [0.3, 0.4) is 0 Å². The van der Waals surface area contributed by atoms with Crippen molar-refractivity contribution in [3.8, 4) is 0 Å². The van der Waals surface area contributed by atoms with Gasteiger partial charge in [0.2, 0.25) is 11.9 Å². The van der Waals surface area contributed by atoms with E-state index in [4.69, 9.17) is 11.6 Å². The topological polar surface area (TPSA) is 96.0 Å². The molecule has 1 saturated carbocycles. The van der Waals surface area contributed by atoms with Gasteiger partial charge in [0.15, 0.2) is 5.82 Å². The summed E-state index contributed by atoms with van der Waals surface area (Å²) in [6.07, 6.45) is 6.41. The molecule has 160 valence electrons.